The molecule has 0 aromatic heterocycles. The van der Waals surface area contributed by atoms with Crippen LogP contribution in [0.1, 0.15) is 22.3 Å². The molecule has 0 amide bonds. The third-order valence-electron chi connectivity index (χ3n) is 4.02. The molecule has 3 nitrogen and oxygen atoms in total. The van der Waals surface area contributed by atoms with E-state index in [-0.39, 0.29) is 5.56 Å². The van der Waals surface area contributed by atoms with Crippen molar-refractivity contribution in [3.63, 3.8) is 0 Å². The van der Waals surface area contributed by atoms with Gasteiger partial charge < -0.3 is 0 Å². The molecule has 3 aromatic carbocycles. The normalized spacial score (nSPS) is 9.68. The quantitative estimate of drug-likeness (QED) is 0.671. The number of rotatable bonds is 2. The number of benzene rings is 3. The van der Waals surface area contributed by atoms with Crippen molar-refractivity contribution in [2.24, 2.45) is 0 Å². The van der Waals surface area contributed by atoms with Gasteiger partial charge in [0.2, 0.25) is 0 Å². The average Bonchev–Trinajstić information content (AvgIpc) is 2.66. The summed E-state index contributed by atoms with van der Waals surface area (Å²) in [6, 6.07) is 25.2. The molecule has 3 heteroatoms. The summed E-state index contributed by atoms with van der Waals surface area (Å²) in [6.07, 6.45) is 0. The van der Waals surface area contributed by atoms with Crippen molar-refractivity contribution in [2.45, 2.75) is 6.92 Å². The van der Waals surface area contributed by atoms with Crippen molar-refractivity contribution in [1.82, 2.24) is 0 Å². The van der Waals surface area contributed by atoms with E-state index < -0.39 is 0 Å². The molecule has 0 spiro atoms. The van der Waals surface area contributed by atoms with Gasteiger partial charge in [0.05, 0.1) is 22.8 Å². The second-order valence-electron chi connectivity index (χ2n) is 5.73. The molecule has 0 saturated carbocycles. The molecule has 3 aromatic rings. The fourth-order valence-corrected chi connectivity index (χ4v) is 2.83. The van der Waals surface area contributed by atoms with Gasteiger partial charge in [-0.15, -0.1) is 0 Å². The van der Waals surface area contributed by atoms with E-state index in [0.29, 0.717) is 16.7 Å². The van der Waals surface area contributed by atoms with Crippen molar-refractivity contribution in [3.05, 3.63) is 82.9 Å². The summed E-state index contributed by atoms with van der Waals surface area (Å²) in [5, 5.41) is 28.0. The van der Waals surface area contributed by atoms with Crippen molar-refractivity contribution < 1.29 is 0 Å². The van der Waals surface area contributed by atoms with Crippen molar-refractivity contribution in [1.29, 1.82) is 15.8 Å². The molecule has 0 aliphatic carbocycles. The monoisotopic (exact) mass is 319 g/mol. The van der Waals surface area contributed by atoms with Crippen molar-refractivity contribution >= 4 is 0 Å². The molecule has 0 fully saturated rings. The van der Waals surface area contributed by atoms with Gasteiger partial charge in [-0.2, -0.15) is 15.8 Å². The van der Waals surface area contributed by atoms with Crippen LogP contribution in [0.25, 0.3) is 22.3 Å². The Bertz CT molecular complexity index is 1090. The third kappa shape index (κ3) is 3.11. The first-order valence-electron chi connectivity index (χ1n) is 7.72. The SMILES string of the molecule is Cc1cccc(-c2cccc(-c3cc(C#N)cc(C#N)c3C#N)c2)c1. The maximum Gasteiger partial charge on any atom is 0.101 e. The molecule has 3 rings (SSSR count). The maximum atomic E-state index is 9.49. The zero-order valence-electron chi connectivity index (χ0n) is 13.6. The van der Waals surface area contributed by atoms with E-state index in [9.17, 15) is 15.8 Å². The molecule has 0 unspecified atom stereocenters. The Kier molecular flexibility index (Phi) is 4.30. The predicted octanol–water partition coefficient (Wildman–Crippen LogP) is 4.94. The molecule has 0 radical (unpaired) electrons. The lowest BCUT2D eigenvalue weighted by Gasteiger charge is -2.10. The van der Waals surface area contributed by atoms with E-state index in [1.165, 1.54) is 11.6 Å². The van der Waals surface area contributed by atoms with Gasteiger partial charge in [-0.3, -0.25) is 0 Å². The molecule has 25 heavy (non-hydrogen) atoms. The van der Waals surface area contributed by atoms with Gasteiger partial charge in [0.1, 0.15) is 12.1 Å². The topological polar surface area (TPSA) is 71.4 Å². The number of hydrogen-bond acceptors (Lipinski definition) is 3. The van der Waals surface area contributed by atoms with Crippen LogP contribution < -0.4 is 0 Å². The molecule has 0 heterocycles. The molecular formula is C22H13N3. The lowest BCUT2D eigenvalue weighted by molar-refractivity contribution is 1.40. The van der Waals surface area contributed by atoms with Crippen molar-refractivity contribution in [3.8, 4) is 40.5 Å². The van der Waals surface area contributed by atoms with Crippen molar-refractivity contribution in [2.75, 3.05) is 0 Å². The molecule has 0 saturated heterocycles. The first-order chi connectivity index (χ1) is 12.2. The number of aryl methyl sites for hydroxylation is 1. The minimum absolute atomic E-state index is 0.220. The third-order valence-corrected chi connectivity index (χ3v) is 4.02. The molecular weight excluding hydrogens is 306 g/mol. The zero-order chi connectivity index (χ0) is 17.8. The van der Waals surface area contributed by atoms with Gasteiger partial charge >= 0.3 is 0 Å². The molecule has 0 N–H and O–H groups in total. The highest BCUT2D eigenvalue weighted by Crippen LogP contribution is 2.31. The number of nitrogens with zero attached hydrogens (tertiary/aromatic N) is 3. The summed E-state index contributed by atoms with van der Waals surface area (Å²) in [7, 11) is 0. The smallest absolute Gasteiger partial charge is 0.101 e. The standard InChI is InChI=1S/C22H13N3/c1-15-4-2-5-17(8-15)18-6-3-7-19(11-18)21-10-16(12-23)9-20(13-24)22(21)14-25/h2-11H,1H3. The predicted molar refractivity (Wildman–Crippen MR) is 96.2 cm³/mol. The summed E-state index contributed by atoms with van der Waals surface area (Å²) < 4.78 is 0. The van der Waals surface area contributed by atoms with Gasteiger partial charge in [0.25, 0.3) is 0 Å². The average molecular weight is 319 g/mol. The lowest BCUT2D eigenvalue weighted by atomic mass is 9.92. The van der Waals surface area contributed by atoms with Crippen LogP contribution in [0.4, 0.5) is 0 Å². The summed E-state index contributed by atoms with van der Waals surface area (Å²) in [4.78, 5) is 0. The van der Waals surface area contributed by atoms with Gasteiger partial charge in [-0.05, 0) is 41.8 Å². The van der Waals surface area contributed by atoms with E-state index in [1.54, 1.807) is 6.07 Å². The highest BCUT2D eigenvalue weighted by atomic mass is 14.3. The summed E-state index contributed by atoms with van der Waals surface area (Å²) >= 11 is 0. The molecule has 116 valence electrons. The Hall–Kier alpha value is -3.87. The van der Waals surface area contributed by atoms with Crippen LogP contribution in [-0.2, 0) is 0 Å². The van der Waals surface area contributed by atoms with Crippen LogP contribution in [0.15, 0.2) is 60.7 Å². The van der Waals surface area contributed by atoms with Gasteiger partial charge in [0.15, 0.2) is 0 Å². The minimum atomic E-state index is 0.220. The van der Waals surface area contributed by atoms with Crippen LogP contribution in [-0.4, -0.2) is 0 Å². The Morgan fingerprint density at radius 1 is 0.680 bits per heavy atom. The van der Waals surface area contributed by atoms with E-state index in [2.05, 4.69) is 18.2 Å². The highest BCUT2D eigenvalue weighted by molar-refractivity contribution is 5.79. The summed E-state index contributed by atoms with van der Waals surface area (Å²) in [6.45, 7) is 2.04. The first kappa shape index (κ1) is 16.0. The molecule has 0 aliphatic rings. The lowest BCUT2D eigenvalue weighted by Crippen LogP contribution is -1.93. The first-order valence-corrected chi connectivity index (χ1v) is 7.72. The summed E-state index contributed by atoms with van der Waals surface area (Å²) in [5.74, 6) is 0. The Labute approximate surface area is 146 Å². The van der Waals surface area contributed by atoms with E-state index in [1.807, 2.05) is 55.5 Å². The second-order valence-corrected chi connectivity index (χ2v) is 5.73. The fourth-order valence-electron chi connectivity index (χ4n) is 2.83. The van der Waals surface area contributed by atoms with Crippen LogP contribution in [0.5, 0.6) is 0 Å². The van der Waals surface area contributed by atoms with E-state index >= 15 is 0 Å². The number of nitriles is 3. The van der Waals surface area contributed by atoms with Crippen LogP contribution in [0.2, 0.25) is 0 Å². The van der Waals surface area contributed by atoms with Crippen LogP contribution in [0, 0.1) is 40.9 Å². The van der Waals surface area contributed by atoms with Gasteiger partial charge in [0, 0.05) is 5.56 Å². The Balaban J connectivity index is 2.22. The second kappa shape index (κ2) is 6.71. The minimum Gasteiger partial charge on any atom is -0.192 e. The van der Waals surface area contributed by atoms with Gasteiger partial charge in [-0.25, -0.2) is 0 Å². The molecule has 0 bridgehead atoms. The molecule has 0 aliphatic heterocycles. The number of hydrogen-bond donors (Lipinski definition) is 0. The summed E-state index contributed by atoms with van der Waals surface area (Å²) in [5.41, 5.74) is 5.56. The molecule has 0 atom stereocenters. The highest BCUT2D eigenvalue weighted by Gasteiger charge is 2.13. The van der Waals surface area contributed by atoms with Gasteiger partial charge in [-0.1, -0.05) is 48.0 Å². The van der Waals surface area contributed by atoms with Crippen LogP contribution >= 0.6 is 0 Å². The maximum absolute atomic E-state index is 9.49. The van der Waals surface area contributed by atoms with E-state index in [0.717, 1.165) is 16.7 Å². The van der Waals surface area contributed by atoms with Crippen LogP contribution in [0.3, 0.4) is 0 Å². The zero-order valence-corrected chi connectivity index (χ0v) is 13.6. The Morgan fingerprint density at radius 3 is 2.00 bits per heavy atom. The van der Waals surface area contributed by atoms with E-state index in [4.69, 9.17) is 0 Å². The fraction of sp³-hybridized carbons (Fsp3) is 0.0455. The largest absolute Gasteiger partial charge is 0.192 e. The Morgan fingerprint density at radius 2 is 1.36 bits per heavy atom.